The van der Waals surface area contributed by atoms with Crippen LogP contribution in [0.3, 0.4) is 0 Å². The third kappa shape index (κ3) is 4.78. The van der Waals surface area contributed by atoms with Crippen molar-refractivity contribution < 1.29 is 4.42 Å². The minimum Gasteiger partial charge on any atom is -0.454 e. The van der Waals surface area contributed by atoms with E-state index in [9.17, 15) is 0 Å². The highest BCUT2D eigenvalue weighted by Gasteiger charge is 2.22. The lowest BCUT2D eigenvalue weighted by Crippen LogP contribution is -2.10. The molecule has 11 rings (SSSR count). The van der Waals surface area contributed by atoms with Gasteiger partial charge in [-0.1, -0.05) is 140 Å². The number of anilines is 3. The van der Waals surface area contributed by atoms with Gasteiger partial charge in [0.05, 0.1) is 5.69 Å². The Morgan fingerprint density at radius 1 is 0.415 bits per heavy atom. The zero-order valence-corrected chi connectivity index (χ0v) is 29.5. The minimum absolute atomic E-state index is 0.877. The van der Waals surface area contributed by atoms with Gasteiger partial charge in [0.25, 0.3) is 0 Å². The first kappa shape index (κ1) is 30.0. The van der Waals surface area contributed by atoms with Crippen molar-refractivity contribution in [3.63, 3.8) is 0 Å². The molecule has 0 amide bonds. The Morgan fingerprint density at radius 3 is 1.70 bits per heavy atom. The van der Waals surface area contributed by atoms with Crippen molar-refractivity contribution >= 4 is 92.1 Å². The summed E-state index contributed by atoms with van der Waals surface area (Å²) in [5.41, 5.74) is 9.73. The third-order valence-corrected chi connectivity index (χ3v) is 11.8. The predicted molar refractivity (Wildman–Crippen MR) is 227 cm³/mol. The van der Waals surface area contributed by atoms with Crippen LogP contribution >= 0.6 is 11.3 Å². The van der Waals surface area contributed by atoms with E-state index in [1.165, 1.54) is 64.0 Å². The van der Waals surface area contributed by atoms with Crippen molar-refractivity contribution in [3.05, 3.63) is 188 Å². The Labute approximate surface area is 310 Å². The first-order valence-electron chi connectivity index (χ1n) is 18.0. The first-order chi connectivity index (χ1) is 26.3. The van der Waals surface area contributed by atoms with Gasteiger partial charge in [-0.05, 0) is 86.8 Å². The maximum atomic E-state index is 6.78. The van der Waals surface area contributed by atoms with E-state index in [4.69, 9.17) is 4.42 Å². The van der Waals surface area contributed by atoms with Gasteiger partial charge in [-0.3, -0.25) is 0 Å². The largest absolute Gasteiger partial charge is 0.454 e. The summed E-state index contributed by atoms with van der Waals surface area (Å²) in [5, 5.41) is 9.84. The number of furan rings is 1. The fourth-order valence-corrected chi connectivity index (χ4v) is 9.42. The Kier molecular flexibility index (Phi) is 6.76. The van der Waals surface area contributed by atoms with Crippen LogP contribution in [0.25, 0.3) is 85.9 Å². The monoisotopic (exact) mass is 693 g/mol. The fourth-order valence-electron chi connectivity index (χ4n) is 8.16. The van der Waals surface area contributed by atoms with Gasteiger partial charge < -0.3 is 9.32 Å². The standard InChI is InChI=1S/C50H31NOS/c1-2-12-32(13-3-1)33-22-26-37(27-23-33)51(44-31-36-15-5-6-16-39(36)47-41-18-8-10-20-45(41)52-49(44)47)38-28-24-34(25-29-38)43-30-35-14-4-7-17-40(35)48-42-19-9-11-21-46(42)53-50(43)48/h1-31H. The number of thiophene rings is 1. The summed E-state index contributed by atoms with van der Waals surface area (Å²) in [6.45, 7) is 0. The molecule has 2 heterocycles. The van der Waals surface area contributed by atoms with Gasteiger partial charge in [-0.15, -0.1) is 11.3 Å². The van der Waals surface area contributed by atoms with Gasteiger partial charge in [0, 0.05) is 47.9 Å². The predicted octanol–water partition coefficient (Wildman–Crippen LogP) is 15.1. The smallest absolute Gasteiger partial charge is 0.160 e. The van der Waals surface area contributed by atoms with E-state index in [2.05, 4.69) is 187 Å². The molecule has 2 aromatic heterocycles. The van der Waals surface area contributed by atoms with Crippen LogP contribution in [0.2, 0.25) is 0 Å². The van der Waals surface area contributed by atoms with Gasteiger partial charge in [-0.2, -0.15) is 0 Å². The highest BCUT2D eigenvalue weighted by molar-refractivity contribution is 7.26. The number of fused-ring (bicyclic) bond motifs is 10. The Morgan fingerprint density at radius 2 is 0.962 bits per heavy atom. The summed E-state index contributed by atoms with van der Waals surface area (Å²) in [4.78, 5) is 2.35. The molecule has 3 heteroatoms. The summed E-state index contributed by atoms with van der Waals surface area (Å²) in [6, 6.07) is 67.8. The van der Waals surface area contributed by atoms with Gasteiger partial charge in [0.15, 0.2) is 5.58 Å². The molecule has 0 bridgehead atoms. The molecule has 2 nitrogen and oxygen atoms in total. The molecule has 0 radical (unpaired) electrons. The number of rotatable bonds is 5. The van der Waals surface area contributed by atoms with Gasteiger partial charge in [0.1, 0.15) is 5.58 Å². The van der Waals surface area contributed by atoms with E-state index in [1.807, 2.05) is 17.4 Å². The van der Waals surface area contributed by atoms with Gasteiger partial charge in [-0.25, -0.2) is 0 Å². The Balaban J connectivity index is 1.13. The lowest BCUT2D eigenvalue weighted by molar-refractivity contribution is 0.669. The molecular formula is C50H31NOS. The molecule has 0 N–H and O–H groups in total. The highest BCUT2D eigenvalue weighted by Crippen LogP contribution is 2.47. The van der Waals surface area contributed by atoms with Crippen LogP contribution in [0, 0.1) is 0 Å². The molecule has 0 atom stereocenters. The van der Waals surface area contributed by atoms with Crippen molar-refractivity contribution in [1.29, 1.82) is 0 Å². The van der Waals surface area contributed by atoms with Crippen molar-refractivity contribution in [2.75, 3.05) is 4.90 Å². The minimum atomic E-state index is 0.877. The molecule has 0 aliphatic rings. The van der Waals surface area contributed by atoms with Crippen molar-refractivity contribution in [1.82, 2.24) is 0 Å². The van der Waals surface area contributed by atoms with E-state index in [-0.39, 0.29) is 0 Å². The number of nitrogens with zero attached hydrogens (tertiary/aromatic N) is 1. The number of hydrogen-bond acceptors (Lipinski definition) is 3. The first-order valence-corrected chi connectivity index (χ1v) is 18.8. The van der Waals surface area contributed by atoms with E-state index in [0.717, 1.165) is 39.0 Å². The van der Waals surface area contributed by atoms with Crippen LogP contribution < -0.4 is 4.90 Å². The van der Waals surface area contributed by atoms with Crippen LogP contribution in [0.1, 0.15) is 0 Å². The molecule has 0 unspecified atom stereocenters. The van der Waals surface area contributed by atoms with E-state index < -0.39 is 0 Å². The van der Waals surface area contributed by atoms with E-state index in [1.54, 1.807) is 0 Å². The lowest BCUT2D eigenvalue weighted by atomic mass is 9.96. The highest BCUT2D eigenvalue weighted by atomic mass is 32.1. The average Bonchev–Trinajstić information content (AvgIpc) is 3.82. The van der Waals surface area contributed by atoms with E-state index in [0.29, 0.717) is 0 Å². The maximum absolute atomic E-state index is 6.78. The molecule has 0 fully saturated rings. The fraction of sp³-hybridized carbons (Fsp3) is 0. The SMILES string of the molecule is c1ccc(-c2ccc(N(c3ccc(-c4cc5ccccc5c5c4sc4ccccc45)cc3)c3cc4ccccc4c4c3oc3ccccc34)cc2)cc1. The molecule has 0 aliphatic carbocycles. The van der Waals surface area contributed by atoms with Crippen LogP contribution in [0.15, 0.2) is 192 Å². The Hall–Kier alpha value is -6.68. The summed E-state index contributed by atoms with van der Waals surface area (Å²) in [5.74, 6) is 0. The van der Waals surface area contributed by atoms with Gasteiger partial charge >= 0.3 is 0 Å². The van der Waals surface area contributed by atoms with Crippen molar-refractivity contribution in [2.45, 2.75) is 0 Å². The molecule has 0 saturated carbocycles. The lowest BCUT2D eigenvalue weighted by Gasteiger charge is -2.26. The normalized spacial score (nSPS) is 11.8. The van der Waals surface area contributed by atoms with Crippen LogP contribution in [-0.2, 0) is 0 Å². The zero-order chi connectivity index (χ0) is 34.9. The summed E-state index contributed by atoms with van der Waals surface area (Å²) in [6.07, 6.45) is 0. The number of hydrogen-bond donors (Lipinski definition) is 0. The number of para-hydroxylation sites is 1. The molecule has 53 heavy (non-hydrogen) atoms. The summed E-state index contributed by atoms with van der Waals surface area (Å²) in [7, 11) is 0. The van der Waals surface area contributed by atoms with Crippen molar-refractivity contribution in [2.24, 2.45) is 0 Å². The quantitative estimate of drug-likeness (QED) is 0.178. The van der Waals surface area contributed by atoms with Crippen molar-refractivity contribution in [3.8, 4) is 22.3 Å². The van der Waals surface area contributed by atoms with Crippen LogP contribution in [0.5, 0.6) is 0 Å². The second-order valence-electron chi connectivity index (χ2n) is 13.7. The topological polar surface area (TPSA) is 16.4 Å². The van der Waals surface area contributed by atoms with Gasteiger partial charge in [0.2, 0.25) is 0 Å². The zero-order valence-electron chi connectivity index (χ0n) is 28.7. The molecule has 248 valence electrons. The summed E-state index contributed by atoms with van der Waals surface area (Å²) >= 11 is 1.88. The summed E-state index contributed by atoms with van der Waals surface area (Å²) < 4.78 is 9.42. The third-order valence-electron chi connectivity index (χ3n) is 10.6. The molecule has 9 aromatic carbocycles. The molecule has 0 aliphatic heterocycles. The second kappa shape index (κ2) is 11.9. The molecule has 0 spiro atoms. The molecule has 0 saturated heterocycles. The maximum Gasteiger partial charge on any atom is 0.160 e. The average molecular weight is 694 g/mol. The van der Waals surface area contributed by atoms with Crippen LogP contribution in [-0.4, -0.2) is 0 Å². The number of benzene rings is 9. The van der Waals surface area contributed by atoms with E-state index >= 15 is 0 Å². The Bertz CT molecular complexity index is 3150. The van der Waals surface area contributed by atoms with Crippen LogP contribution in [0.4, 0.5) is 17.1 Å². The second-order valence-corrected chi connectivity index (χ2v) is 14.7. The molecular weight excluding hydrogens is 663 g/mol. The molecule has 11 aromatic rings.